The van der Waals surface area contributed by atoms with Crippen molar-refractivity contribution in [3.05, 3.63) is 35.5 Å². The summed E-state index contributed by atoms with van der Waals surface area (Å²) in [5.74, 6) is 2.81. The minimum Gasteiger partial charge on any atom is -0.356 e. The first-order valence-electron chi connectivity index (χ1n) is 9.72. The van der Waals surface area contributed by atoms with Crippen LogP contribution in [0.15, 0.2) is 18.3 Å². The number of pyridine rings is 1. The van der Waals surface area contributed by atoms with Crippen molar-refractivity contribution in [3.8, 4) is 0 Å². The number of rotatable bonds is 5. The first kappa shape index (κ1) is 17.0. The molecule has 0 bridgehead atoms. The maximum absolute atomic E-state index is 12.7. The molecule has 0 spiro atoms. The molecule has 7 heteroatoms. The van der Waals surface area contributed by atoms with Crippen LogP contribution >= 0.6 is 0 Å². The van der Waals surface area contributed by atoms with Gasteiger partial charge in [0.05, 0.1) is 5.56 Å². The highest BCUT2D eigenvalue weighted by Crippen LogP contribution is 2.21. The predicted molar refractivity (Wildman–Crippen MR) is 99.3 cm³/mol. The molecule has 4 rings (SSSR count). The summed E-state index contributed by atoms with van der Waals surface area (Å²) >= 11 is 0. The van der Waals surface area contributed by atoms with Crippen LogP contribution in [0.2, 0.25) is 0 Å². The molecule has 2 aliphatic rings. The molecule has 7 nitrogen and oxygen atoms in total. The molecule has 0 aromatic carbocycles. The molecule has 1 saturated heterocycles. The number of aryl methyl sites for hydroxylation is 1. The van der Waals surface area contributed by atoms with Gasteiger partial charge in [-0.25, -0.2) is 4.98 Å². The lowest BCUT2D eigenvalue weighted by Gasteiger charge is -2.19. The Morgan fingerprint density at radius 3 is 2.81 bits per heavy atom. The second kappa shape index (κ2) is 7.85. The van der Waals surface area contributed by atoms with E-state index in [1.54, 1.807) is 6.20 Å². The normalized spacial score (nSPS) is 17.0. The van der Waals surface area contributed by atoms with Gasteiger partial charge in [-0.1, -0.05) is 6.42 Å². The van der Waals surface area contributed by atoms with Crippen LogP contribution in [0.5, 0.6) is 0 Å². The number of fused-ring (bicyclic) bond motifs is 1. The third kappa shape index (κ3) is 3.57. The van der Waals surface area contributed by atoms with Gasteiger partial charge < -0.3 is 14.8 Å². The molecule has 0 atom stereocenters. The van der Waals surface area contributed by atoms with Crippen molar-refractivity contribution in [2.45, 2.75) is 51.5 Å². The third-order valence-electron chi connectivity index (χ3n) is 5.26. The quantitative estimate of drug-likeness (QED) is 0.888. The smallest absolute Gasteiger partial charge is 0.255 e. The number of nitrogens with zero attached hydrogens (tertiary/aromatic N) is 5. The molecule has 1 amide bonds. The summed E-state index contributed by atoms with van der Waals surface area (Å²) in [6, 6.07) is 3.69. The minimum atomic E-state index is -0.0596. The van der Waals surface area contributed by atoms with Crippen LogP contribution in [0.4, 0.5) is 5.82 Å². The Morgan fingerprint density at radius 2 is 1.92 bits per heavy atom. The molecule has 1 N–H and O–H groups in total. The maximum atomic E-state index is 12.7. The Hall–Kier alpha value is -2.44. The number of hydrogen-bond acceptors (Lipinski definition) is 5. The highest BCUT2D eigenvalue weighted by molar-refractivity contribution is 5.98. The zero-order chi connectivity index (χ0) is 17.8. The zero-order valence-corrected chi connectivity index (χ0v) is 15.2. The van der Waals surface area contributed by atoms with Crippen LogP contribution in [0, 0.1) is 0 Å². The average molecular weight is 354 g/mol. The standard InChI is InChI=1S/C19H26N6O/c26-19(15-7-6-10-20-18(15)24-12-4-5-13-24)21-11-9-17-23-22-16-8-2-1-3-14-25(16)17/h6-7,10H,1-5,8-9,11-14H2,(H,21,26). The first-order chi connectivity index (χ1) is 12.8. The number of amides is 1. The fourth-order valence-corrected chi connectivity index (χ4v) is 3.87. The van der Waals surface area contributed by atoms with Gasteiger partial charge in [0.15, 0.2) is 0 Å². The molecule has 0 saturated carbocycles. The largest absolute Gasteiger partial charge is 0.356 e. The Labute approximate surface area is 153 Å². The molecule has 2 aliphatic heterocycles. The molecule has 4 heterocycles. The van der Waals surface area contributed by atoms with E-state index in [1.807, 2.05) is 12.1 Å². The number of hydrogen-bond donors (Lipinski definition) is 1. The summed E-state index contributed by atoms with van der Waals surface area (Å²) in [5.41, 5.74) is 0.662. The van der Waals surface area contributed by atoms with E-state index in [4.69, 9.17) is 0 Å². The van der Waals surface area contributed by atoms with E-state index in [0.717, 1.165) is 56.4 Å². The summed E-state index contributed by atoms with van der Waals surface area (Å²) in [7, 11) is 0. The van der Waals surface area contributed by atoms with Crippen LogP contribution in [0.25, 0.3) is 0 Å². The Morgan fingerprint density at radius 1 is 1.08 bits per heavy atom. The zero-order valence-electron chi connectivity index (χ0n) is 15.2. The van der Waals surface area contributed by atoms with Gasteiger partial charge in [-0.3, -0.25) is 4.79 Å². The van der Waals surface area contributed by atoms with Crippen LogP contribution in [0.1, 0.15) is 54.1 Å². The number of aromatic nitrogens is 4. The van der Waals surface area contributed by atoms with Crippen molar-refractivity contribution in [3.63, 3.8) is 0 Å². The molecule has 138 valence electrons. The molecule has 0 aliphatic carbocycles. The number of nitrogens with one attached hydrogen (secondary N) is 1. The van der Waals surface area contributed by atoms with Crippen LogP contribution in [-0.2, 0) is 19.4 Å². The average Bonchev–Trinajstić information content (AvgIpc) is 3.27. The fraction of sp³-hybridized carbons (Fsp3) is 0.579. The van der Waals surface area contributed by atoms with E-state index in [-0.39, 0.29) is 5.91 Å². The lowest BCUT2D eigenvalue weighted by Crippen LogP contribution is -2.30. The number of anilines is 1. The summed E-state index contributed by atoms with van der Waals surface area (Å²) in [4.78, 5) is 19.3. The van der Waals surface area contributed by atoms with Gasteiger partial charge in [0.1, 0.15) is 17.5 Å². The maximum Gasteiger partial charge on any atom is 0.255 e. The minimum absolute atomic E-state index is 0.0596. The van der Waals surface area contributed by atoms with Crippen molar-refractivity contribution in [1.29, 1.82) is 0 Å². The summed E-state index contributed by atoms with van der Waals surface area (Å²) in [6.45, 7) is 3.50. The van der Waals surface area contributed by atoms with E-state index >= 15 is 0 Å². The number of carbonyl (C=O) groups excluding carboxylic acids is 1. The lowest BCUT2D eigenvalue weighted by atomic mass is 10.2. The van der Waals surface area contributed by atoms with Crippen molar-refractivity contribution in [1.82, 2.24) is 25.1 Å². The molecule has 0 radical (unpaired) electrons. The van der Waals surface area contributed by atoms with Gasteiger partial charge in [-0.2, -0.15) is 0 Å². The Kier molecular flexibility index (Phi) is 5.13. The van der Waals surface area contributed by atoms with Gasteiger partial charge >= 0.3 is 0 Å². The van der Waals surface area contributed by atoms with Gasteiger partial charge in [0.25, 0.3) is 5.91 Å². The molecular weight excluding hydrogens is 328 g/mol. The second-order valence-corrected chi connectivity index (χ2v) is 7.07. The summed E-state index contributed by atoms with van der Waals surface area (Å²) < 4.78 is 2.24. The van der Waals surface area contributed by atoms with Crippen molar-refractivity contribution < 1.29 is 4.79 Å². The van der Waals surface area contributed by atoms with E-state index in [2.05, 4.69) is 30.0 Å². The highest BCUT2D eigenvalue weighted by Gasteiger charge is 2.20. The molecule has 0 unspecified atom stereocenters. The predicted octanol–water partition coefficient (Wildman–Crippen LogP) is 1.97. The number of carbonyl (C=O) groups is 1. The molecule has 2 aromatic heterocycles. The first-order valence-corrected chi connectivity index (χ1v) is 9.72. The van der Waals surface area contributed by atoms with E-state index in [9.17, 15) is 4.79 Å². The van der Waals surface area contributed by atoms with Crippen molar-refractivity contribution in [2.24, 2.45) is 0 Å². The van der Waals surface area contributed by atoms with Crippen molar-refractivity contribution in [2.75, 3.05) is 24.5 Å². The molecule has 1 fully saturated rings. The van der Waals surface area contributed by atoms with E-state index < -0.39 is 0 Å². The van der Waals surface area contributed by atoms with Crippen LogP contribution < -0.4 is 10.2 Å². The van der Waals surface area contributed by atoms with Gasteiger partial charge in [-0.15, -0.1) is 10.2 Å². The highest BCUT2D eigenvalue weighted by atomic mass is 16.1. The summed E-state index contributed by atoms with van der Waals surface area (Å²) in [5, 5.41) is 11.7. The molecule has 26 heavy (non-hydrogen) atoms. The van der Waals surface area contributed by atoms with E-state index in [0.29, 0.717) is 18.5 Å². The SMILES string of the molecule is O=C(NCCc1nnc2n1CCCCC2)c1cccnc1N1CCCC1. The van der Waals surface area contributed by atoms with Gasteiger partial charge in [-0.05, 0) is 37.8 Å². The monoisotopic (exact) mass is 354 g/mol. The van der Waals surface area contributed by atoms with Crippen molar-refractivity contribution >= 4 is 11.7 Å². The van der Waals surface area contributed by atoms with E-state index in [1.165, 1.54) is 19.3 Å². The second-order valence-electron chi connectivity index (χ2n) is 7.07. The Bertz CT molecular complexity index is 765. The van der Waals surface area contributed by atoms with Gasteiger partial charge in [0.2, 0.25) is 0 Å². The Balaban J connectivity index is 1.38. The molecular formula is C19H26N6O. The third-order valence-corrected chi connectivity index (χ3v) is 5.26. The van der Waals surface area contributed by atoms with Crippen LogP contribution in [0.3, 0.4) is 0 Å². The van der Waals surface area contributed by atoms with Crippen LogP contribution in [-0.4, -0.2) is 45.3 Å². The topological polar surface area (TPSA) is 75.9 Å². The fourth-order valence-electron chi connectivity index (χ4n) is 3.87. The summed E-state index contributed by atoms with van der Waals surface area (Å²) in [6.07, 6.45) is 9.42. The molecule has 2 aromatic rings. The van der Waals surface area contributed by atoms with Gasteiger partial charge in [0, 0.05) is 45.2 Å². The lowest BCUT2D eigenvalue weighted by molar-refractivity contribution is 0.0954.